The van der Waals surface area contributed by atoms with Gasteiger partial charge in [0.05, 0.1) is 0 Å². The molecule has 2 aromatic rings. The zero-order chi connectivity index (χ0) is 14.8. The number of hydrogen-bond donors (Lipinski definition) is 1. The van der Waals surface area contributed by atoms with E-state index in [0.29, 0.717) is 12.4 Å². The Morgan fingerprint density at radius 3 is 2.62 bits per heavy atom. The Kier molecular flexibility index (Phi) is 3.93. The van der Waals surface area contributed by atoms with Crippen LogP contribution in [0.1, 0.15) is 40.8 Å². The predicted octanol–water partition coefficient (Wildman–Crippen LogP) is 3.83. The van der Waals surface area contributed by atoms with E-state index in [1.807, 2.05) is 19.1 Å². The van der Waals surface area contributed by atoms with Crippen molar-refractivity contribution in [3.63, 3.8) is 0 Å². The molecule has 21 heavy (non-hydrogen) atoms. The Morgan fingerprint density at radius 1 is 1.10 bits per heavy atom. The minimum absolute atomic E-state index is 0.444. The summed E-state index contributed by atoms with van der Waals surface area (Å²) in [4.78, 5) is 4.51. The smallest absolute Gasteiger partial charge is 0.224 e. The van der Waals surface area contributed by atoms with E-state index in [-0.39, 0.29) is 0 Å². The molecule has 1 aromatic carbocycles. The van der Waals surface area contributed by atoms with Crippen LogP contribution >= 0.6 is 0 Å². The fourth-order valence-corrected chi connectivity index (χ4v) is 3.05. The zero-order valence-electron chi connectivity index (χ0n) is 12.8. The Labute approximate surface area is 126 Å². The highest BCUT2D eigenvalue weighted by Crippen LogP contribution is 2.30. The van der Waals surface area contributed by atoms with Gasteiger partial charge >= 0.3 is 0 Å². The largest absolute Gasteiger partial charge is 0.439 e. The summed E-state index contributed by atoms with van der Waals surface area (Å²) in [6.07, 6.45) is 4.90. The molecule has 0 aliphatic heterocycles. The van der Waals surface area contributed by atoms with Crippen molar-refractivity contribution in [2.45, 2.75) is 46.1 Å². The molecular weight excluding hydrogens is 260 g/mol. The molecule has 110 valence electrons. The van der Waals surface area contributed by atoms with Crippen LogP contribution in [0.15, 0.2) is 24.3 Å². The van der Waals surface area contributed by atoms with Crippen molar-refractivity contribution in [2.24, 2.45) is 5.73 Å². The lowest BCUT2D eigenvalue weighted by molar-refractivity contribution is 0.453. The van der Waals surface area contributed by atoms with Gasteiger partial charge in [0.25, 0.3) is 0 Å². The van der Waals surface area contributed by atoms with Gasteiger partial charge in [-0.25, -0.2) is 4.98 Å². The maximum Gasteiger partial charge on any atom is 0.224 e. The fourth-order valence-electron chi connectivity index (χ4n) is 3.05. The van der Waals surface area contributed by atoms with E-state index in [9.17, 15) is 0 Å². The van der Waals surface area contributed by atoms with Gasteiger partial charge < -0.3 is 10.5 Å². The van der Waals surface area contributed by atoms with E-state index in [1.54, 1.807) is 0 Å². The molecule has 3 rings (SSSR count). The van der Waals surface area contributed by atoms with Crippen LogP contribution in [0.25, 0.3) is 0 Å². The van der Waals surface area contributed by atoms with Crippen LogP contribution in [0.5, 0.6) is 11.6 Å². The van der Waals surface area contributed by atoms with Crippen LogP contribution in [0, 0.1) is 13.8 Å². The fraction of sp³-hybridized carbons (Fsp3) is 0.389. The van der Waals surface area contributed by atoms with Gasteiger partial charge in [0.1, 0.15) is 5.75 Å². The molecule has 0 saturated carbocycles. The van der Waals surface area contributed by atoms with Crippen LogP contribution in [-0.4, -0.2) is 4.98 Å². The molecule has 0 amide bonds. The number of rotatable bonds is 3. The molecule has 2 N–H and O–H groups in total. The van der Waals surface area contributed by atoms with E-state index in [4.69, 9.17) is 10.5 Å². The third-order valence-electron chi connectivity index (χ3n) is 4.18. The Morgan fingerprint density at radius 2 is 1.86 bits per heavy atom. The van der Waals surface area contributed by atoms with Crippen molar-refractivity contribution >= 4 is 0 Å². The minimum Gasteiger partial charge on any atom is -0.439 e. The summed E-state index contributed by atoms with van der Waals surface area (Å²) in [5.41, 5.74) is 11.8. The van der Waals surface area contributed by atoms with Crippen LogP contribution in [0.4, 0.5) is 0 Å². The van der Waals surface area contributed by atoms with Gasteiger partial charge in [0.2, 0.25) is 5.88 Å². The maximum atomic E-state index is 6.04. The highest BCUT2D eigenvalue weighted by atomic mass is 16.5. The lowest BCUT2D eigenvalue weighted by Gasteiger charge is -2.17. The molecule has 3 heteroatoms. The van der Waals surface area contributed by atoms with E-state index in [0.717, 1.165) is 29.0 Å². The second-order valence-corrected chi connectivity index (χ2v) is 5.81. The van der Waals surface area contributed by atoms with Gasteiger partial charge in [-0.15, -0.1) is 0 Å². The topological polar surface area (TPSA) is 48.1 Å². The van der Waals surface area contributed by atoms with Crippen molar-refractivity contribution in [3.8, 4) is 11.6 Å². The summed E-state index contributed by atoms with van der Waals surface area (Å²) in [5, 5.41) is 0. The summed E-state index contributed by atoms with van der Waals surface area (Å²) >= 11 is 0. The van der Waals surface area contributed by atoms with Gasteiger partial charge in [-0.2, -0.15) is 0 Å². The molecule has 3 nitrogen and oxygen atoms in total. The molecule has 0 spiro atoms. The summed E-state index contributed by atoms with van der Waals surface area (Å²) in [6.45, 7) is 4.48. The molecular formula is C18H22N2O. The number of fused-ring (bicyclic) bond motifs is 1. The molecule has 1 heterocycles. The second kappa shape index (κ2) is 5.86. The van der Waals surface area contributed by atoms with Crippen LogP contribution in [0.3, 0.4) is 0 Å². The zero-order valence-corrected chi connectivity index (χ0v) is 12.8. The Bertz CT molecular complexity index is 665. The SMILES string of the molecule is Cc1cc(C)c(CN)c(Oc2ccc3c(c2)CCCC3)n1. The number of aryl methyl sites for hydroxylation is 4. The third kappa shape index (κ3) is 2.93. The van der Waals surface area contributed by atoms with Gasteiger partial charge in [-0.05, 0) is 74.4 Å². The van der Waals surface area contributed by atoms with E-state index >= 15 is 0 Å². The lowest BCUT2D eigenvalue weighted by atomic mass is 9.92. The van der Waals surface area contributed by atoms with Crippen molar-refractivity contribution in [3.05, 3.63) is 52.2 Å². The molecule has 1 aliphatic carbocycles. The first kappa shape index (κ1) is 14.1. The second-order valence-electron chi connectivity index (χ2n) is 5.81. The first-order valence-corrected chi connectivity index (χ1v) is 7.64. The number of ether oxygens (including phenoxy) is 1. The summed E-state index contributed by atoms with van der Waals surface area (Å²) < 4.78 is 6.04. The van der Waals surface area contributed by atoms with E-state index in [1.165, 1.54) is 30.4 Å². The molecule has 0 radical (unpaired) electrons. The van der Waals surface area contributed by atoms with Crippen molar-refractivity contribution in [1.82, 2.24) is 4.98 Å². The summed E-state index contributed by atoms with van der Waals surface area (Å²) in [7, 11) is 0. The average molecular weight is 282 g/mol. The number of nitrogens with zero attached hydrogens (tertiary/aromatic N) is 1. The van der Waals surface area contributed by atoms with Crippen LogP contribution in [0.2, 0.25) is 0 Å². The van der Waals surface area contributed by atoms with Crippen molar-refractivity contribution in [2.75, 3.05) is 0 Å². The Balaban J connectivity index is 1.93. The number of nitrogens with two attached hydrogens (primary N) is 1. The van der Waals surface area contributed by atoms with Gasteiger partial charge in [-0.1, -0.05) is 6.07 Å². The highest BCUT2D eigenvalue weighted by molar-refractivity contribution is 5.42. The molecule has 0 saturated heterocycles. The van der Waals surface area contributed by atoms with Crippen molar-refractivity contribution in [1.29, 1.82) is 0 Å². The molecule has 1 aliphatic rings. The predicted molar refractivity (Wildman–Crippen MR) is 84.8 cm³/mol. The quantitative estimate of drug-likeness (QED) is 0.930. The summed E-state index contributed by atoms with van der Waals surface area (Å²) in [5.74, 6) is 1.51. The number of benzene rings is 1. The van der Waals surface area contributed by atoms with E-state index in [2.05, 4.69) is 24.0 Å². The standard InChI is InChI=1S/C18H22N2O/c1-12-9-13(2)20-18(17(12)11-19)21-16-8-7-14-5-3-4-6-15(14)10-16/h7-10H,3-6,11,19H2,1-2H3. The normalized spacial score (nSPS) is 13.9. The molecule has 1 aromatic heterocycles. The van der Waals surface area contributed by atoms with Crippen LogP contribution in [-0.2, 0) is 19.4 Å². The molecule has 0 fully saturated rings. The summed E-state index contributed by atoms with van der Waals surface area (Å²) in [6, 6.07) is 8.44. The number of pyridine rings is 1. The maximum absolute atomic E-state index is 6.04. The minimum atomic E-state index is 0.444. The monoisotopic (exact) mass is 282 g/mol. The molecule has 0 unspecified atom stereocenters. The van der Waals surface area contributed by atoms with Gasteiger partial charge in [-0.3, -0.25) is 0 Å². The number of hydrogen-bond acceptors (Lipinski definition) is 3. The Hall–Kier alpha value is -1.87. The molecule has 0 atom stereocenters. The highest BCUT2D eigenvalue weighted by Gasteiger charge is 2.13. The number of aromatic nitrogens is 1. The van der Waals surface area contributed by atoms with Gasteiger partial charge in [0, 0.05) is 17.8 Å². The van der Waals surface area contributed by atoms with Crippen LogP contribution < -0.4 is 10.5 Å². The van der Waals surface area contributed by atoms with Gasteiger partial charge in [0.15, 0.2) is 0 Å². The third-order valence-corrected chi connectivity index (χ3v) is 4.18. The average Bonchev–Trinajstić information content (AvgIpc) is 2.47. The van der Waals surface area contributed by atoms with Crippen molar-refractivity contribution < 1.29 is 4.74 Å². The van der Waals surface area contributed by atoms with E-state index < -0.39 is 0 Å². The first-order chi connectivity index (χ1) is 10.2. The first-order valence-electron chi connectivity index (χ1n) is 7.64. The lowest BCUT2D eigenvalue weighted by Crippen LogP contribution is -2.06. The molecule has 0 bridgehead atoms.